The Morgan fingerprint density at radius 3 is 2.61 bits per heavy atom. The lowest BCUT2D eigenvalue weighted by Gasteiger charge is -2.36. The number of anilines is 1. The van der Waals surface area contributed by atoms with Crippen LogP contribution in [0.2, 0.25) is 0 Å². The predicted molar refractivity (Wildman–Crippen MR) is 133 cm³/mol. The van der Waals surface area contributed by atoms with E-state index < -0.39 is 0 Å². The maximum atomic E-state index is 5.71. The Bertz CT molecular complexity index is 1240. The summed E-state index contributed by atoms with van der Waals surface area (Å²) in [5.41, 5.74) is 4.15. The molecule has 1 aliphatic rings. The summed E-state index contributed by atoms with van der Waals surface area (Å²) in [6.45, 7) is 3.27. The molecule has 5 rings (SSSR count). The number of pyridine rings is 1. The third kappa shape index (κ3) is 4.51. The lowest BCUT2D eigenvalue weighted by Crippen LogP contribution is -2.41. The van der Waals surface area contributed by atoms with Crippen molar-refractivity contribution in [3.05, 3.63) is 54.9 Å². The number of aromatic nitrogens is 3. The number of ether oxygens (including phenoxy) is 2. The largest absolute Gasteiger partial charge is 0.491 e. The number of piperidine rings is 1. The van der Waals surface area contributed by atoms with Gasteiger partial charge in [0.2, 0.25) is 0 Å². The molecule has 1 aliphatic heterocycles. The van der Waals surface area contributed by atoms with E-state index in [9.17, 15) is 0 Å². The Labute approximate surface area is 194 Å². The first-order valence-electron chi connectivity index (χ1n) is 11.5. The first-order chi connectivity index (χ1) is 16.1. The van der Waals surface area contributed by atoms with Crippen molar-refractivity contribution in [3.63, 3.8) is 0 Å². The lowest BCUT2D eigenvalue weighted by molar-refractivity contribution is 0.146. The summed E-state index contributed by atoms with van der Waals surface area (Å²) in [5, 5.41) is 1.16. The van der Waals surface area contributed by atoms with Crippen LogP contribution in [0.1, 0.15) is 12.8 Å². The second kappa shape index (κ2) is 9.37. The Balaban J connectivity index is 1.36. The number of hydrogen-bond donors (Lipinski definition) is 0. The summed E-state index contributed by atoms with van der Waals surface area (Å²) in [5.74, 6) is 1.65. The molecule has 3 heterocycles. The quantitative estimate of drug-likeness (QED) is 0.399. The molecule has 0 bridgehead atoms. The van der Waals surface area contributed by atoms with Crippen LogP contribution in [0.15, 0.2) is 54.9 Å². The van der Waals surface area contributed by atoms with E-state index in [-0.39, 0.29) is 0 Å². The van der Waals surface area contributed by atoms with Gasteiger partial charge >= 0.3 is 0 Å². The third-order valence-electron chi connectivity index (χ3n) is 6.54. The molecule has 1 saturated heterocycles. The van der Waals surface area contributed by atoms with Gasteiger partial charge < -0.3 is 19.3 Å². The van der Waals surface area contributed by atoms with E-state index in [1.54, 1.807) is 7.11 Å². The molecule has 0 spiro atoms. The number of fused-ring (bicyclic) bond motifs is 2. The van der Waals surface area contributed by atoms with Gasteiger partial charge in [-0.05, 0) is 69.4 Å². The van der Waals surface area contributed by atoms with Gasteiger partial charge in [-0.15, -0.1) is 0 Å². The first kappa shape index (κ1) is 21.7. The standard InChI is InChI=1S/C26H31N5O2/c1-29(2)20-10-12-30(13-11-20)21-5-7-23-19(16-21)4-9-26(28-23)31-18-27-24-17-22(6-8-25(24)31)33-15-14-32-3/h4-9,16-18,20H,10-15H2,1-3H3. The van der Waals surface area contributed by atoms with Crippen LogP contribution >= 0.6 is 0 Å². The highest BCUT2D eigenvalue weighted by molar-refractivity contribution is 5.84. The Morgan fingerprint density at radius 2 is 1.82 bits per heavy atom. The maximum Gasteiger partial charge on any atom is 0.139 e. The monoisotopic (exact) mass is 445 g/mol. The first-order valence-corrected chi connectivity index (χ1v) is 11.5. The molecule has 7 heteroatoms. The van der Waals surface area contributed by atoms with Crippen molar-refractivity contribution in [1.82, 2.24) is 19.4 Å². The van der Waals surface area contributed by atoms with E-state index in [2.05, 4.69) is 59.2 Å². The summed E-state index contributed by atoms with van der Waals surface area (Å²) in [6.07, 6.45) is 4.23. The van der Waals surface area contributed by atoms with E-state index in [0.717, 1.165) is 46.6 Å². The molecule has 0 atom stereocenters. The van der Waals surface area contributed by atoms with Gasteiger partial charge in [0.15, 0.2) is 0 Å². The summed E-state index contributed by atoms with van der Waals surface area (Å²) in [7, 11) is 6.03. The predicted octanol–water partition coefficient (Wildman–Crippen LogP) is 4.13. The van der Waals surface area contributed by atoms with Gasteiger partial charge in [-0.2, -0.15) is 0 Å². The smallest absolute Gasteiger partial charge is 0.139 e. The van der Waals surface area contributed by atoms with Gasteiger partial charge in [-0.3, -0.25) is 4.57 Å². The van der Waals surface area contributed by atoms with Crippen molar-refractivity contribution in [1.29, 1.82) is 0 Å². The Morgan fingerprint density at radius 1 is 0.970 bits per heavy atom. The van der Waals surface area contributed by atoms with Gasteiger partial charge in [0, 0.05) is 43.4 Å². The van der Waals surface area contributed by atoms with Gasteiger partial charge in [0.25, 0.3) is 0 Å². The maximum absolute atomic E-state index is 5.71. The van der Waals surface area contributed by atoms with Crippen LogP contribution in [0, 0.1) is 0 Å². The van der Waals surface area contributed by atoms with E-state index >= 15 is 0 Å². The fourth-order valence-electron chi connectivity index (χ4n) is 4.58. The molecule has 172 valence electrons. The minimum atomic E-state index is 0.518. The summed E-state index contributed by atoms with van der Waals surface area (Å²) in [4.78, 5) is 14.3. The van der Waals surface area contributed by atoms with E-state index in [1.807, 2.05) is 29.1 Å². The molecule has 33 heavy (non-hydrogen) atoms. The number of imidazole rings is 1. The molecular weight excluding hydrogens is 414 g/mol. The van der Waals surface area contributed by atoms with Crippen molar-refractivity contribution in [2.24, 2.45) is 0 Å². The fourth-order valence-corrected chi connectivity index (χ4v) is 4.58. The number of hydrogen-bond acceptors (Lipinski definition) is 6. The highest BCUT2D eigenvalue weighted by Crippen LogP contribution is 2.27. The summed E-state index contributed by atoms with van der Waals surface area (Å²) in [6, 6.07) is 17.4. The van der Waals surface area contributed by atoms with Crippen molar-refractivity contribution in [2.75, 3.05) is 52.4 Å². The van der Waals surface area contributed by atoms with Crippen LogP contribution < -0.4 is 9.64 Å². The molecule has 2 aromatic carbocycles. The molecule has 0 aliphatic carbocycles. The average molecular weight is 446 g/mol. The molecule has 1 fully saturated rings. The van der Waals surface area contributed by atoms with Gasteiger partial charge in [0.1, 0.15) is 24.5 Å². The minimum absolute atomic E-state index is 0.518. The minimum Gasteiger partial charge on any atom is -0.491 e. The molecule has 0 saturated carbocycles. The Kier molecular flexibility index (Phi) is 6.15. The molecule has 0 amide bonds. The van der Waals surface area contributed by atoms with Crippen LogP contribution in [-0.4, -0.2) is 73.0 Å². The van der Waals surface area contributed by atoms with Crippen LogP contribution in [0.3, 0.4) is 0 Å². The summed E-state index contributed by atoms with van der Waals surface area (Å²) >= 11 is 0. The summed E-state index contributed by atoms with van der Waals surface area (Å²) < 4.78 is 12.8. The Hall–Kier alpha value is -3.16. The highest BCUT2D eigenvalue weighted by Gasteiger charge is 2.21. The van der Waals surface area contributed by atoms with Gasteiger partial charge in [0.05, 0.1) is 23.2 Å². The molecular formula is C26H31N5O2. The topological polar surface area (TPSA) is 55.7 Å². The van der Waals surface area contributed by atoms with Crippen molar-refractivity contribution < 1.29 is 9.47 Å². The van der Waals surface area contributed by atoms with Gasteiger partial charge in [-0.1, -0.05) is 0 Å². The normalized spacial score (nSPS) is 15.1. The van der Waals surface area contributed by atoms with Gasteiger partial charge in [-0.25, -0.2) is 9.97 Å². The SMILES string of the molecule is COCCOc1ccc2c(c1)ncn2-c1ccc2cc(N3CCC(N(C)C)CC3)ccc2n1. The van der Waals surface area contributed by atoms with E-state index in [4.69, 9.17) is 14.5 Å². The molecule has 0 unspecified atom stereocenters. The van der Waals surface area contributed by atoms with Crippen LogP contribution in [0.25, 0.3) is 27.8 Å². The van der Waals surface area contributed by atoms with Crippen molar-refractivity contribution in [2.45, 2.75) is 18.9 Å². The second-order valence-corrected chi connectivity index (χ2v) is 8.83. The number of methoxy groups -OCH3 is 1. The highest BCUT2D eigenvalue weighted by atomic mass is 16.5. The number of rotatable bonds is 7. The van der Waals surface area contributed by atoms with Crippen molar-refractivity contribution >= 4 is 27.6 Å². The zero-order valence-corrected chi connectivity index (χ0v) is 19.6. The van der Waals surface area contributed by atoms with Crippen LogP contribution in [0.4, 0.5) is 5.69 Å². The molecule has 7 nitrogen and oxygen atoms in total. The third-order valence-corrected chi connectivity index (χ3v) is 6.54. The number of benzene rings is 2. The molecule has 4 aromatic rings. The lowest BCUT2D eigenvalue weighted by atomic mass is 10.0. The van der Waals surface area contributed by atoms with Crippen LogP contribution in [-0.2, 0) is 4.74 Å². The van der Waals surface area contributed by atoms with Crippen LogP contribution in [0.5, 0.6) is 5.75 Å². The van der Waals surface area contributed by atoms with E-state index in [1.165, 1.54) is 18.5 Å². The average Bonchev–Trinajstić information content (AvgIpc) is 3.27. The second-order valence-electron chi connectivity index (χ2n) is 8.83. The molecule has 2 aromatic heterocycles. The van der Waals surface area contributed by atoms with E-state index in [0.29, 0.717) is 19.3 Å². The molecule has 0 N–H and O–H groups in total. The number of nitrogens with zero attached hydrogens (tertiary/aromatic N) is 5. The molecule has 0 radical (unpaired) electrons. The zero-order valence-electron chi connectivity index (χ0n) is 19.6. The fraction of sp³-hybridized carbons (Fsp3) is 0.385. The van der Waals surface area contributed by atoms with Crippen molar-refractivity contribution in [3.8, 4) is 11.6 Å². The zero-order chi connectivity index (χ0) is 22.8.